The number of carbonyl (C=O) groups is 3. The quantitative estimate of drug-likeness (QED) is 0.445. The van der Waals surface area contributed by atoms with Crippen molar-refractivity contribution >= 4 is 17.7 Å². The average molecular weight is 485 g/mol. The molecule has 0 saturated heterocycles. The predicted molar refractivity (Wildman–Crippen MR) is 134 cm³/mol. The van der Waals surface area contributed by atoms with Crippen LogP contribution in [-0.2, 0) is 14.4 Å². The van der Waals surface area contributed by atoms with Gasteiger partial charge in [-0.2, -0.15) is 0 Å². The Balaban J connectivity index is 1.69. The van der Waals surface area contributed by atoms with Crippen LogP contribution in [0.2, 0.25) is 0 Å². The van der Waals surface area contributed by atoms with Crippen LogP contribution < -0.4 is 0 Å². The lowest BCUT2D eigenvalue weighted by Gasteiger charge is -2.69. The molecule has 0 heterocycles. The first kappa shape index (κ1) is 25.0. The summed E-state index contributed by atoms with van der Waals surface area (Å²) in [5.41, 5.74) is -1.86. The van der Waals surface area contributed by atoms with Crippen LogP contribution in [0.25, 0.3) is 0 Å². The summed E-state index contributed by atoms with van der Waals surface area (Å²) in [6.07, 6.45) is 8.44. The molecule has 5 aliphatic carbocycles. The van der Waals surface area contributed by atoms with Crippen LogP contribution in [-0.4, -0.2) is 27.9 Å². The van der Waals surface area contributed by atoms with Gasteiger partial charge in [0.1, 0.15) is 5.78 Å². The molecule has 5 nitrogen and oxygen atoms in total. The molecule has 0 amide bonds. The van der Waals surface area contributed by atoms with E-state index in [1.54, 1.807) is 0 Å². The van der Waals surface area contributed by atoms with Crippen molar-refractivity contribution in [3.8, 4) is 0 Å². The molecule has 5 aliphatic rings. The number of fused-ring (bicyclic) bond motifs is 7. The molecule has 194 valence electrons. The number of carboxylic acids is 2. The maximum absolute atomic E-state index is 13.5. The van der Waals surface area contributed by atoms with Gasteiger partial charge in [0.2, 0.25) is 0 Å². The molecule has 0 aromatic heterocycles. The molecule has 5 rings (SSSR count). The summed E-state index contributed by atoms with van der Waals surface area (Å²) in [6, 6.07) is 0. The lowest BCUT2D eigenvalue weighted by atomic mass is 9.33. The molecule has 0 aromatic rings. The van der Waals surface area contributed by atoms with Gasteiger partial charge in [-0.15, -0.1) is 0 Å². The highest BCUT2D eigenvalue weighted by molar-refractivity contribution is 5.86. The van der Waals surface area contributed by atoms with Crippen LogP contribution >= 0.6 is 0 Å². The molecular formula is C30H44O5. The maximum atomic E-state index is 13.5. The van der Waals surface area contributed by atoms with Crippen LogP contribution in [0, 0.1) is 56.7 Å². The second-order valence-electron chi connectivity index (χ2n) is 14.1. The Kier molecular flexibility index (Phi) is 5.32. The number of ketones is 1. The van der Waals surface area contributed by atoms with Gasteiger partial charge >= 0.3 is 11.9 Å². The zero-order valence-corrected chi connectivity index (χ0v) is 22.4. The normalized spacial score (nSPS) is 50.6. The Morgan fingerprint density at radius 3 is 2.20 bits per heavy atom. The van der Waals surface area contributed by atoms with E-state index in [9.17, 15) is 24.6 Å². The number of carbonyl (C=O) groups excluding carboxylic acids is 1. The largest absolute Gasteiger partial charge is 0.481 e. The van der Waals surface area contributed by atoms with Crippen molar-refractivity contribution < 1.29 is 24.6 Å². The summed E-state index contributed by atoms with van der Waals surface area (Å²) in [6.45, 7) is 13.1. The Bertz CT molecular complexity index is 1010. The summed E-state index contributed by atoms with van der Waals surface area (Å²) < 4.78 is 0. The lowest BCUT2D eigenvalue weighted by molar-refractivity contribution is -0.205. The number of allylic oxidation sites excluding steroid dienone is 1. The smallest absolute Gasteiger partial charge is 0.314 e. The number of aliphatic carboxylic acids is 2. The third-order valence-corrected chi connectivity index (χ3v) is 13.0. The minimum absolute atomic E-state index is 0.0955. The van der Waals surface area contributed by atoms with Crippen LogP contribution in [0.1, 0.15) is 99.3 Å². The van der Waals surface area contributed by atoms with Gasteiger partial charge in [0.05, 0.1) is 10.8 Å². The first-order valence-electron chi connectivity index (χ1n) is 13.9. The van der Waals surface area contributed by atoms with E-state index < -0.39 is 28.2 Å². The molecule has 5 heteroatoms. The van der Waals surface area contributed by atoms with Gasteiger partial charge < -0.3 is 10.2 Å². The number of hydrogen-bond acceptors (Lipinski definition) is 3. The van der Waals surface area contributed by atoms with Crippen molar-refractivity contribution in [2.75, 3.05) is 0 Å². The van der Waals surface area contributed by atoms with Crippen LogP contribution in [0.5, 0.6) is 0 Å². The van der Waals surface area contributed by atoms with Crippen molar-refractivity contribution in [3.63, 3.8) is 0 Å². The predicted octanol–water partition coefficient (Wildman–Crippen LogP) is 6.36. The molecule has 0 aromatic carbocycles. The Morgan fingerprint density at radius 2 is 1.57 bits per heavy atom. The molecule has 35 heavy (non-hydrogen) atoms. The van der Waals surface area contributed by atoms with Crippen molar-refractivity contribution in [3.05, 3.63) is 11.6 Å². The number of hydrogen-bond donors (Lipinski definition) is 2. The SMILES string of the molecule is CC1CCC2(C(=O)O)CCC3(C(=O)O)C(=CCC4C5(C)CCC(=O)C(C)(C)C5CCC43C)C2C1C. The molecule has 4 saturated carbocycles. The fourth-order valence-electron chi connectivity index (χ4n) is 10.8. The van der Waals surface area contributed by atoms with Crippen LogP contribution in [0.3, 0.4) is 0 Å². The number of Topliss-reactive ketones (excluding diaryl/α,β-unsaturated/α-hetero) is 1. The first-order valence-corrected chi connectivity index (χ1v) is 13.9. The summed E-state index contributed by atoms with van der Waals surface area (Å²) in [7, 11) is 0. The minimum Gasteiger partial charge on any atom is -0.481 e. The molecule has 9 unspecified atom stereocenters. The van der Waals surface area contributed by atoms with Gasteiger partial charge in [0, 0.05) is 11.8 Å². The van der Waals surface area contributed by atoms with Crippen molar-refractivity contribution in [1.82, 2.24) is 0 Å². The fourth-order valence-corrected chi connectivity index (χ4v) is 10.8. The number of carboxylic acid groups (broad SMARTS) is 2. The topological polar surface area (TPSA) is 91.7 Å². The first-order chi connectivity index (χ1) is 16.2. The molecule has 0 aliphatic heterocycles. The molecule has 2 N–H and O–H groups in total. The second-order valence-corrected chi connectivity index (χ2v) is 14.1. The summed E-state index contributed by atoms with van der Waals surface area (Å²) in [5, 5.41) is 21.6. The zero-order chi connectivity index (χ0) is 25.8. The minimum atomic E-state index is -1.02. The van der Waals surface area contributed by atoms with Crippen molar-refractivity contribution in [2.24, 2.45) is 56.7 Å². The lowest BCUT2D eigenvalue weighted by Crippen LogP contribution is -2.67. The Morgan fingerprint density at radius 1 is 0.886 bits per heavy atom. The van der Waals surface area contributed by atoms with Crippen LogP contribution in [0.4, 0.5) is 0 Å². The molecule has 0 radical (unpaired) electrons. The van der Waals surface area contributed by atoms with Gasteiger partial charge in [-0.1, -0.05) is 53.2 Å². The Hall–Kier alpha value is -1.65. The van der Waals surface area contributed by atoms with Gasteiger partial charge in [-0.25, -0.2) is 0 Å². The maximum Gasteiger partial charge on any atom is 0.314 e. The summed E-state index contributed by atoms with van der Waals surface area (Å²) in [5.74, 6) is -0.422. The monoisotopic (exact) mass is 484 g/mol. The highest BCUT2D eigenvalue weighted by atomic mass is 16.4. The van der Waals surface area contributed by atoms with E-state index in [4.69, 9.17) is 0 Å². The molecule has 0 bridgehead atoms. The third kappa shape index (κ3) is 2.79. The summed E-state index contributed by atoms with van der Waals surface area (Å²) in [4.78, 5) is 39.2. The van der Waals surface area contributed by atoms with E-state index in [-0.39, 0.29) is 34.5 Å². The van der Waals surface area contributed by atoms with Gasteiger partial charge in [-0.3, -0.25) is 14.4 Å². The zero-order valence-electron chi connectivity index (χ0n) is 22.4. The summed E-state index contributed by atoms with van der Waals surface area (Å²) >= 11 is 0. The fraction of sp³-hybridized carbons (Fsp3) is 0.833. The van der Waals surface area contributed by atoms with E-state index in [1.807, 2.05) is 0 Å². The Labute approximate surface area is 210 Å². The molecular weight excluding hydrogens is 440 g/mol. The van der Waals surface area contributed by atoms with Gasteiger partial charge in [-0.05, 0) is 91.8 Å². The van der Waals surface area contributed by atoms with Crippen molar-refractivity contribution in [1.29, 1.82) is 0 Å². The van der Waals surface area contributed by atoms with Crippen molar-refractivity contribution in [2.45, 2.75) is 99.3 Å². The van der Waals surface area contributed by atoms with Gasteiger partial charge in [0.25, 0.3) is 0 Å². The van der Waals surface area contributed by atoms with E-state index in [2.05, 4.69) is 47.6 Å². The van der Waals surface area contributed by atoms with E-state index in [0.29, 0.717) is 37.4 Å². The number of rotatable bonds is 2. The van der Waals surface area contributed by atoms with Gasteiger partial charge in [0.15, 0.2) is 0 Å². The van der Waals surface area contributed by atoms with E-state index >= 15 is 0 Å². The third-order valence-electron chi connectivity index (χ3n) is 13.0. The molecule has 4 fully saturated rings. The van der Waals surface area contributed by atoms with Crippen LogP contribution in [0.15, 0.2) is 11.6 Å². The second kappa shape index (κ2) is 7.44. The molecule has 9 atom stereocenters. The standard InChI is InChI=1S/C30H44O5/c1-17-9-14-29(24(32)33)15-16-30(25(34)35)19(23(29)18(17)2)7-8-21-27(5)12-11-22(31)26(3,4)20(27)10-13-28(21,30)6/h7,17-18,20-21,23H,8-16H2,1-6H3,(H,32,33)(H,34,35). The van der Waals surface area contributed by atoms with E-state index in [0.717, 1.165) is 37.7 Å². The van der Waals surface area contributed by atoms with E-state index in [1.165, 1.54) is 0 Å². The highest BCUT2D eigenvalue weighted by Gasteiger charge is 2.73. The molecule has 0 spiro atoms. The highest BCUT2D eigenvalue weighted by Crippen LogP contribution is 2.75. The average Bonchev–Trinajstić information content (AvgIpc) is 2.78.